The van der Waals surface area contributed by atoms with Crippen LogP contribution in [0.4, 0.5) is 0 Å². The highest BCUT2D eigenvalue weighted by atomic mass is 16.5. The second kappa shape index (κ2) is 6.58. The summed E-state index contributed by atoms with van der Waals surface area (Å²) in [5.41, 5.74) is -1.48. The van der Waals surface area contributed by atoms with E-state index in [9.17, 15) is 14.7 Å². The van der Waals surface area contributed by atoms with Gasteiger partial charge in [0.25, 0.3) is 0 Å². The Balaban J connectivity index is 1.96. The molecule has 6 nitrogen and oxygen atoms in total. The number of carbonyl (C=O) groups is 2. The number of methoxy groups -OCH3 is 1. The van der Waals surface area contributed by atoms with Gasteiger partial charge >= 0.3 is 5.97 Å². The second-order valence-electron chi connectivity index (χ2n) is 4.89. The van der Waals surface area contributed by atoms with Crippen LogP contribution in [-0.2, 0) is 14.3 Å². The standard InChI is InChI=1S/C15H18O6/c1-19-11-2-4-12(5-3-11)21-9-7-15(14(17)18)10-20-8-6-13(15)16/h2-5H,6-10H2,1H3,(H,17,18). The first-order valence-electron chi connectivity index (χ1n) is 6.70. The zero-order valence-electron chi connectivity index (χ0n) is 11.8. The first-order chi connectivity index (χ1) is 10.1. The summed E-state index contributed by atoms with van der Waals surface area (Å²) in [5.74, 6) is -0.133. The van der Waals surface area contributed by atoms with Gasteiger partial charge in [-0.1, -0.05) is 0 Å². The number of rotatable bonds is 6. The zero-order chi connectivity index (χ0) is 15.3. The molecule has 6 heteroatoms. The van der Waals surface area contributed by atoms with Gasteiger partial charge in [-0.3, -0.25) is 9.59 Å². The van der Waals surface area contributed by atoms with E-state index >= 15 is 0 Å². The molecule has 0 aliphatic carbocycles. The molecule has 0 amide bonds. The van der Waals surface area contributed by atoms with Crippen molar-refractivity contribution in [1.29, 1.82) is 0 Å². The molecule has 0 radical (unpaired) electrons. The Labute approximate surface area is 122 Å². The van der Waals surface area contributed by atoms with E-state index < -0.39 is 11.4 Å². The molecule has 1 fully saturated rings. The van der Waals surface area contributed by atoms with Crippen LogP contribution in [-0.4, -0.2) is 43.8 Å². The molecule has 1 N–H and O–H groups in total. The van der Waals surface area contributed by atoms with Gasteiger partial charge in [-0.25, -0.2) is 0 Å². The molecule has 1 atom stereocenters. The number of ketones is 1. The lowest BCUT2D eigenvalue weighted by Crippen LogP contribution is -2.48. The second-order valence-corrected chi connectivity index (χ2v) is 4.89. The summed E-state index contributed by atoms with van der Waals surface area (Å²) in [6, 6.07) is 6.95. The summed E-state index contributed by atoms with van der Waals surface area (Å²) in [7, 11) is 1.57. The Bertz CT molecular complexity index is 509. The number of carbonyl (C=O) groups excluding carboxylic acids is 1. The minimum atomic E-state index is -1.48. The lowest BCUT2D eigenvalue weighted by Gasteiger charge is -2.31. The van der Waals surface area contributed by atoms with Crippen LogP contribution in [0.1, 0.15) is 12.8 Å². The van der Waals surface area contributed by atoms with Gasteiger partial charge in [-0.05, 0) is 24.3 Å². The van der Waals surface area contributed by atoms with Gasteiger partial charge in [0.1, 0.15) is 11.5 Å². The minimum absolute atomic E-state index is 0.0901. The van der Waals surface area contributed by atoms with E-state index in [1.54, 1.807) is 31.4 Å². The summed E-state index contributed by atoms with van der Waals surface area (Å²) in [6.07, 6.45) is 0.224. The number of ether oxygens (including phenoxy) is 3. The number of carboxylic acids is 1. The summed E-state index contributed by atoms with van der Waals surface area (Å²) in [5, 5.41) is 9.35. The van der Waals surface area contributed by atoms with Crippen LogP contribution < -0.4 is 9.47 Å². The SMILES string of the molecule is COc1ccc(OCCC2(C(=O)O)COCCC2=O)cc1. The largest absolute Gasteiger partial charge is 0.497 e. The average molecular weight is 294 g/mol. The lowest BCUT2D eigenvalue weighted by atomic mass is 9.78. The molecular formula is C15H18O6. The third kappa shape index (κ3) is 3.33. The van der Waals surface area contributed by atoms with E-state index in [0.29, 0.717) is 11.5 Å². The molecule has 0 aromatic heterocycles. The van der Waals surface area contributed by atoms with E-state index in [4.69, 9.17) is 14.2 Å². The molecule has 1 aliphatic rings. The monoisotopic (exact) mass is 294 g/mol. The molecule has 0 saturated carbocycles. The molecule has 0 spiro atoms. The number of Topliss-reactive ketones (excluding diaryl/α,β-unsaturated/α-hetero) is 1. The van der Waals surface area contributed by atoms with Crippen LogP contribution in [0.3, 0.4) is 0 Å². The highest BCUT2D eigenvalue weighted by Gasteiger charge is 2.47. The fraction of sp³-hybridized carbons (Fsp3) is 0.467. The van der Waals surface area contributed by atoms with Crippen molar-refractivity contribution < 1.29 is 28.9 Å². The molecule has 1 unspecified atom stereocenters. The third-order valence-corrected chi connectivity index (χ3v) is 3.62. The highest BCUT2D eigenvalue weighted by Crippen LogP contribution is 2.30. The molecule has 1 aromatic carbocycles. The average Bonchev–Trinajstić information content (AvgIpc) is 2.50. The molecule has 0 bridgehead atoms. The van der Waals surface area contributed by atoms with Crippen molar-refractivity contribution in [3.8, 4) is 11.5 Å². The maximum Gasteiger partial charge on any atom is 0.319 e. The van der Waals surface area contributed by atoms with Crippen LogP contribution in [0, 0.1) is 5.41 Å². The minimum Gasteiger partial charge on any atom is -0.497 e. The maximum atomic E-state index is 12.0. The predicted octanol–water partition coefficient (Wildman–Crippen LogP) is 1.52. The molecular weight excluding hydrogens is 276 g/mol. The van der Waals surface area contributed by atoms with Crippen LogP contribution in [0.15, 0.2) is 24.3 Å². The van der Waals surface area contributed by atoms with Crippen LogP contribution in [0.5, 0.6) is 11.5 Å². The van der Waals surface area contributed by atoms with E-state index in [-0.39, 0.29) is 38.4 Å². The van der Waals surface area contributed by atoms with Crippen molar-refractivity contribution in [2.24, 2.45) is 5.41 Å². The predicted molar refractivity (Wildman–Crippen MR) is 73.6 cm³/mol. The Kier molecular flexibility index (Phi) is 4.80. The highest BCUT2D eigenvalue weighted by molar-refractivity contribution is 6.03. The van der Waals surface area contributed by atoms with Gasteiger partial charge in [0, 0.05) is 12.8 Å². The van der Waals surface area contributed by atoms with Crippen LogP contribution >= 0.6 is 0 Å². The Morgan fingerprint density at radius 1 is 1.33 bits per heavy atom. The van der Waals surface area contributed by atoms with Crippen molar-refractivity contribution in [3.05, 3.63) is 24.3 Å². The number of aliphatic carboxylic acids is 1. The summed E-state index contributed by atoms with van der Waals surface area (Å²) in [6.45, 7) is 0.327. The van der Waals surface area contributed by atoms with Gasteiger partial charge in [0.05, 0.1) is 26.9 Å². The molecule has 21 heavy (non-hydrogen) atoms. The van der Waals surface area contributed by atoms with Crippen molar-refractivity contribution in [1.82, 2.24) is 0 Å². The lowest BCUT2D eigenvalue weighted by molar-refractivity contribution is -0.165. The van der Waals surface area contributed by atoms with Gasteiger partial charge in [0.15, 0.2) is 11.2 Å². The smallest absolute Gasteiger partial charge is 0.319 e. The summed E-state index contributed by atoms with van der Waals surface area (Å²) in [4.78, 5) is 23.4. The molecule has 1 aromatic rings. The Morgan fingerprint density at radius 3 is 2.57 bits per heavy atom. The van der Waals surface area contributed by atoms with Gasteiger partial charge in [-0.2, -0.15) is 0 Å². The fourth-order valence-corrected chi connectivity index (χ4v) is 2.25. The summed E-state index contributed by atoms with van der Waals surface area (Å²) < 4.78 is 15.7. The van der Waals surface area contributed by atoms with Gasteiger partial charge in [-0.15, -0.1) is 0 Å². The first kappa shape index (κ1) is 15.3. The molecule has 1 heterocycles. The van der Waals surface area contributed by atoms with E-state index in [0.717, 1.165) is 0 Å². The Morgan fingerprint density at radius 2 is 2.00 bits per heavy atom. The quantitative estimate of drug-likeness (QED) is 0.801. The van der Waals surface area contributed by atoms with Crippen molar-refractivity contribution in [2.75, 3.05) is 26.9 Å². The molecule has 2 rings (SSSR count). The topological polar surface area (TPSA) is 82.1 Å². The molecule has 1 aliphatic heterocycles. The van der Waals surface area contributed by atoms with Gasteiger partial charge in [0.2, 0.25) is 0 Å². The normalized spacial score (nSPS) is 21.9. The van der Waals surface area contributed by atoms with Crippen LogP contribution in [0.25, 0.3) is 0 Å². The molecule has 114 valence electrons. The Hall–Kier alpha value is -2.08. The van der Waals surface area contributed by atoms with Crippen molar-refractivity contribution in [2.45, 2.75) is 12.8 Å². The number of carboxylic acid groups (broad SMARTS) is 1. The fourth-order valence-electron chi connectivity index (χ4n) is 2.25. The number of benzene rings is 1. The van der Waals surface area contributed by atoms with E-state index in [1.165, 1.54) is 0 Å². The maximum absolute atomic E-state index is 12.0. The summed E-state index contributed by atoms with van der Waals surface area (Å²) >= 11 is 0. The van der Waals surface area contributed by atoms with Crippen molar-refractivity contribution in [3.63, 3.8) is 0 Å². The first-order valence-corrected chi connectivity index (χ1v) is 6.70. The zero-order valence-corrected chi connectivity index (χ0v) is 11.8. The third-order valence-electron chi connectivity index (χ3n) is 3.62. The van der Waals surface area contributed by atoms with Gasteiger partial charge < -0.3 is 19.3 Å². The van der Waals surface area contributed by atoms with Crippen LogP contribution in [0.2, 0.25) is 0 Å². The van der Waals surface area contributed by atoms with E-state index in [2.05, 4.69) is 0 Å². The van der Waals surface area contributed by atoms with E-state index in [1.807, 2.05) is 0 Å². The number of hydrogen-bond acceptors (Lipinski definition) is 5. The van der Waals surface area contributed by atoms with Crippen molar-refractivity contribution >= 4 is 11.8 Å². The number of hydrogen-bond donors (Lipinski definition) is 1. The molecule has 1 saturated heterocycles.